The van der Waals surface area contributed by atoms with Crippen molar-refractivity contribution in [3.63, 3.8) is 0 Å². The summed E-state index contributed by atoms with van der Waals surface area (Å²) in [7, 11) is -0.340. The van der Waals surface area contributed by atoms with E-state index in [4.69, 9.17) is 11.6 Å². The summed E-state index contributed by atoms with van der Waals surface area (Å²) in [6, 6.07) is 7.55. The van der Waals surface area contributed by atoms with Gasteiger partial charge in [0, 0.05) is 33.2 Å². The topological polar surface area (TPSA) is 52.7 Å². The molecule has 1 aliphatic rings. The Bertz CT molecular complexity index is 562. The minimum atomic E-state index is -3.39. The summed E-state index contributed by atoms with van der Waals surface area (Å²) in [6.45, 7) is 1.53. The molecular weight excluding hydrogens is 298 g/mol. The summed E-state index contributed by atoms with van der Waals surface area (Å²) in [6.07, 6.45) is 1.78. The lowest BCUT2D eigenvalue weighted by molar-refractivity contribution is 0.442. The first kappa shape index (κ1) is 15.6. The average Bonchev–Trinajstić information content (AvgIpc) is 2.39. The van der Waals surface area contributed by atoms with Gasteiger partial charge in [0.25, 0.3) is 10.2 Å². The highest BCUT2D eigenvalue weighted by molar-refractivity contribution is 7.87. The van der Waals surface area contributed by atoms with Crippen molar-refractivity contribution in [3.8, 4) is 0 Å². The van der Waals surface area contributed by atoms with Crippen molar-refractivity contribution in [2.45, 2.75) is 18.9 Å². The summed E-state index contributed by atoms with van der Waals surface area (Å²) >= 11 is 6.20. The molecule has 0 spiro atoms. The molecule has 0 radical (unpaired) electrons. The highest BCUT2D eigenvalue weighted by atomic mass is 35.5. The van der Waals surface area contributed by atoms with Gasteiger partial charge in [0.15, 0.2) is 0 Å². The van der Waals surface area contributed by atoms with E-state index in [1.807, 2.05) is 24.3 Å². The molecule has 1 atom stereocenters. The minimum Gasteiger partial charge on any atom is -0.369 e. The van der Waals surface area contributed by atoms with Gasteiger partial charge < -0.3 is 4.90 Å². The second-order valence-electron chi connectivity index (χ2n) is 5.14. The lowest BCUT2D eigenvalue weighted by Crippen LogP contribution is -2.50. The van der Waals surface area contributed by atoms with Crippen LogP contribution in [-0.2, 0) is 10.2 Å². The van der Waals surface area contributed by atoms with E-state index < -0.39 is 10.2 Å². The Balaban J connectivity index is 2.08. The molecule has 2 rings (SSSR count). The predicted octanol–water partition coefficient (Wildman–Crippen LogP) is 1.70. The number of nitrogens with one attached hydrogen (secondary N) is 1. The Labute approximate surface area is 125 Å². The zero-order chi connectivity index (χ0) is 14.8. The minimum absolute atomic E-state index is 0.0903. The number of hydrogen-bond donors (Lipinski definition) is 1. The highest BCUT2D eigenvalue weighted by Gasteiger charge is 2.26. The maximum absolute atomic E-state index is 11.9. The van der Waals surface area contributed by atoms with Gasteiger partial charge >= 0.3 is 0 Å². The molecule has 1 aromatic carbocycles. The lowest BCUT2D eigenvalue weighted by Gasteiger charge is -2.35. The van der Waals surface area contributed by atoms with Crippen LogP contribution in [0.2, 0.25) is 5.02 Å². The van der Waals surface area contributed by atoms with Gasteiger partial charge in [0.1, 0.15) is 0 Å². The summed E-state index contributed by atoms with van der Waals surface area (Å²) in [5.74, 6) is 0. The van der Waals surface area contributed by atoms with E-state index in [0.717, 1.165) is 25.1 Å². The lowest BCUT2D eigenvalue weighted by atomic mass is 10.1. The molecule has 0 bridgehead atoms. The van der Waals surface area contributed by atoms with Gasteiger partial charge in [-0.15, -0.1) is 0 Å². The smallest absolute Gasteiger partial charge is 0.279 e. The molecule has 1 heterocycles. The van der Waals surface area contributed by atoms with Crippen LogP contribution in [0, 0.1) is 0 Å². The zero-order valence-electron chi connectivity index (χ0n) is 11.7. The number of piperidine rings is 1. The summed E-state index contributed by atoms with van der Waals surface area (Å²) in [5, 5.41) is 0.698. The normalized spacial score (nSPS) is 20.4. The molecule has 0 aliphatic carbocycles. The van der Waals surface area contributed by atoms with Crippen LogP contribution < -0.4 is 9.62 Å². The quantitative estimate of drug-likeness (QED) is 0.919. The van der Waals surface area contributed by atoms with Crippen LogP contribution in [0.15, 0.2) is 24.3 Å². The second-order valence-corrected chi connectivity index (χ2v) is 7.47. The maximum Gasteiger partial charge on any atom is 0.279 e. The monoisotopic (exact) mass is 317 g/mol. The van der Waals surface area contributed by atoms with E-state index in [0.29, 0.717) is 11.6 Å². The fourth-order valence-corrected chi connectivity index (χ4v) is 3.40. The average molecular weight is 318 g/mol. The summed E-state index contributed by atoms with van der Waals surface area (Å²) in [4.78, 5) is 2.13. The first-order valence-corrected chi connectivity index (χ1v) is 8.41. The van der Waals surface area contributed by atoms with Crippen molar-refractivity contribution in [2.24, 2.45) is 0 Å². The number of halogens is 1. The molecule has 20 heavy (non-hydrogen) atoms. The van der Waals surface area contributed by atoms with Crippen molar-refractivity contribution >= 4 is 27.5 Å². The van der Waals surface area contributed by atoms with Crippen LogP contribution in [-0.4, -0.2) is 45.9 Å². The van der Waals surface area contributed by atoms with Crippen LogP contribution in [0.5, 0.6) is 0 Å². The fourth-order valence-electron chi connectivity index (χ4n) is 2.32. The third kappa shape index (κ3) is 3.63. The predicted molar refractivity (Wildman–Crippen MR) is 82.4 cm³/mol. The number of anilines is 1. The number of rotatable bonds is 4. The Morgan fingerprint density at radius 3 is 2.70 bits per heavy atom. The summed E-state index contributed by atoms with van der Waals surface area (Å²) in [5.41, 5.74) is 0.961. The van der Waals surface area contributed by atoms with Crippen LogP contribution >= 0.6 is 11.6 Å². The van der Waals surface area contributed by atoms with Crippen molar-refractivity contribution in [1.82, 2.24) is 9.03 Å². The Kier molecular flexibility index (Phi) is 4.90. The molecule has 1 fully saturated rings. The molecule has 0 saturated carbocycles. The maximum atomic E-state index is 11.9. The molecule has 1 unspecified atom stereocenters. The van der Waals surface area contributed by atoms with Gasteiger partial charge in [-0.05, 0) is 25.0 Å². The van der Waals surface area contributed by atoms with E-state index >= 15 is 0 Å². The third-order valence-corrected chi connectivity index (χ3v) is 5.32. The van der Waals surface area contributed by atoms with Gasteiger partial charge in [-0.2, -0.15) is 17.4 Å². The van der Waals surface area contributed by atoms with E-state index in [2.05, 4.69) is 9.62 Å². The standard InChI is InChI=1S/C13H20ClN3O2S/c1-16(2)20(18,19)15-11-6-5-9-17(10-11)13-8-4-3-7-12(13)14/h3-4,7-8,11,15H,5-6,9-10H2,1-2H3. The van der Waals surface area contributed by atoms with E-state index in [1.54, 1.807) is 0 Å². The molecule has 1 N–H and O–H groups in total. The van der Waals surface area contributed by atoms with Crippen LogP contribution in [0.3, 0.4) is 0 Å². The SMILES string of the molecule is CN(C)S(=O)(=O)NC1CCCN(c2ccccc2Cl)C1. The van der Waals surface area contributed by atoms with E-state index in [-0.39, 0.29) is 6.04 Å². The first-order chi connectivity index (χ1) is 9.40. The van der Waals surface area contributed by atoms with E-state index in [9.17, 15) is 8.42 Å². The van der Waals surface area contributed by atoms with E-state index in [1.165, 1.54) is 18.4 Å². The third-order valence-electron chi connectivity index (χ3n) is 3.41. The van der Waals surface area contributed by atoms with Crippen molar-refractivity contribution in [1.29, 1.82) is 0 Å². The van der Waals surface area contributed by atoms with Crippen molar-refractivity contribution in [3.05, 3.63) is 29.3 Å². The molecule has 0 aromatic heterocycles. The molecule has 7 heteroatoms. The molecule has 1 aromatic rings. The van der Waals surface area contributed by atoms with Crippen LogP contribution in [0.25, 0.3) is 0 Å². The Morgan fingerprint density at radius 1 is 1.35 bits per heavy atom. The van der Waals surface area contributed by atoms with Crippen LogP contribution in [0.1, 0.15) is 12.8 Å². The number of para-hydroxylation sites is 1. The zero-order valence-corrected chi connectivity index (χ0v) is 13.3. The molecule has 5 nitrogen and oxygen atoms in total. The van der Waals surface area contributed by atoms with Crippen molar-refractivity contribution in [2.75, 3.05) is 32.1 Å². The molecule has 0 amide bonds. The number of hydrogen-bond acceptors (Lipinski definition) is 3. The fraction of sp³-hybridized carbons (Fsp3) is 0.538. The molecular formula is C13H20ClN3O2S. The highest BCUT2D eigenvalue weighted by Crippen LogP contribution is 2.27. The Morgan fingerprint density at radius 2 is 2.05 bits per heavy atom. The largest absolute Gasteiger partial charge is 0.369 e. The van der Waals surface area contributed by atoms with Gasteiger partial charge in [0.05, 0.1) is 10.7 Å². The van der Waals surface area contributed by atoms with Gasteiger partial charge in [-0.3, -0.25) is 0 Å². The van der Waals surface area contributed by atoms with Gasteiger partial charge in [0.2, 0.25) is 0 Å². The van der Waals surface area contributed by atoms with Crippen molar-refractivity contribution < 1.29 is 8.42 Å². The van der Waals surface area contributed by atoms with Gasteiger partial charge in [-0.1, -0.05) is 23.7 Å². The Hall–Kier alpha value is -0.820. The van der Waals surface area contributed by atoms with Gasteiger partial charge in [-0.25, -0.2) is 0 Å². The summed E-state index contributed by atoms with van der Waals surface area (Å²) < 4.78 is 27.7. The molecule has 1 aliphatic heterocycles. The second kappa shape index (κ2) is 6.30. The molecule has 112 valence electrons. The van der Waals surface area contributed by atoms with Crippen LogP contribution in [0.4, 0.5) is 5.69 Å². The molecule has 1 saturated heterocycles. The first-order valence-electron chi connectivity index (χ1n) is 6.59. The number of benzene rings is 1. The number of nitrogens with zero attached hydrogens (tertiary/aromatic N) is 2.